The second kappa shape index (κ2) is 5.58. The van der Waals surface area contributed by atoms with Crippen LogP contribution in [-0.4, -0.2) is 42.6 Å². The molecule has 2 amide bonds. The number of hydrogen-bond acceptors (Lipinski definition) is 3. The van der Waals surface area contributed by atoms with Crippen molar-refractivity contribution in [1.82, 2.24) is 10.2 Å². The number of nitrogens with zero attached hydrogens (tertiary/aromatic N) is 1. The first-order valence-electron chi connectivity index (χ1n) is 5.11. The van der Waals surface area contributed by atoms with Gasteiger partial charge in [0.1, 0.15) is 0 Å². The molecule has 5 heteroatoms. The lowest BCUT2D eigenvalue weighted by Gasteiger charge is -2.31. The van der Waals surface area contributed by atoms with Crippen LogP contribution in [0.3, 0.4) is 0 Å². The Morgan fingerprint density at radius 3 is 2.53 bits per heavy atom. The molecule has 2 radical (unpaired) electrons. The van der Waals surface area contributed by atoms with Crippen molar-refractivity contribution in [3.8, 4) is 0 Å². The van der Waals surface area contributed by atoms with Gasteiger partial charge in [-0.15, -0.1) is 0 Å². The summed E-state index contributed by atoms with van der Waals surface area (Å²) in [5.41, 5.74) is 0. The number of likely N-dealkylation sites (tertiary alicyclic amines) is 1. The van der Waals surface area contributed by atoms with E-state index in [0.29, 0.717) is 19.7 Å². The molecule has 1 saturated heterocycles. The van der Waals surface area contributed by atoms with Gasteiger partial charge in [-0.3, -0.25) is 4.79 Å². The topological polar surface area (TPSA) is 58.6 Å². The van der Waals surface area contributed by atoms with Crippen LogP contribution in [0.15, 0.2) is 0 Å². The van der Waals surface area contributed by atoms with Crippen LogP contribution in [0.2, 0.25) is 0 Å². The highest BCUT2D eigenvalue weighted by Gasteiger charge is 2.23. The van der Waals surface area contributed by atoms with Gasteiger partial charge in [-0.25, -0.2) is 4.79 Å². The summed E-state index contributed by atoms with van der Waals surface area (Å²) in [5.74, 6) is -0.510. The Hall–Kier alpha value is -1.26. The van der Waals surface area contributed by atoms with Gasteiger partial charge >= 0.3 is 6.09 Å². The van der Waals surface area contributed by atoms with E-state index in [0.717, 1.165) is 12.8 Å². The molecular formula is C10H16N2O3. The molecule has 1 aliphatic heterocycles. The Balaban J connectivity index is 2.29. The standard InChI is InChI=1S/C10H16N2O3/c1-3-15-10(14)12-6-4-9(5-7-12)11-8(2)13/h2,9H,3-7H2,1H3,(H,11,13). The monoisotopic (exact) mass is 212 g/mol. The Morgan fingerprint density at radius 2 is 2.07 bits per heavy atom. The third kappa shape index (κ3) is 3.77. The number of rotatable bonds is 2. The molecule has 0 spiro atoms. The molecule has 0 saturated carbocycles. The molecule has 0 bridgehead atoms. The smallest absolute Gasteiger partial charge is 0.409 e. The van der Waals surface area contributed by atoms with Crippen LogP contribution in [0.1, 0.15) is 19.8 Å². The van der Waals surface area contributed by atoms with Crippen LogP contribution in [-0.2, 0) is 9.53 Å². The predicted octanol–water partition coefficient (Wildman–Crippen LogP) is 0.435. The number of hydrogen-bond donors (Lipinski definition) is 1. The summed E-state index contributed by atoms with van der Waals surface area (Å²) in [4.78, 5) is 23.6. The van der Waals surface area contributed by atoms with Crippen LogP contribution in [0.4, 0.5) is 4.79 Å². The van der Waals surface area contributed by atoms with Crippen molar-refractivity contribution >= 4 is 12.0 Å². The maximum absolute atomic E-state index is 11.3. The van der Waals surface area contributed by atoms with E-state index in [1.165, 1.54) is 0 Å². The molecule has 0 aromatic carbocycles. The first kappa shape index (κ1) is 11.8. The van der Waals surface area contributed by atoms with Crippen LogP contribution >= 0.6 is 0 Å². The highest BCUT2D eigenvalue weighted by atomic mass is 16.6. The minimum absolute atomic E-state index is 0.0770. The number of nitrogens with one attached hydrogen (secondary N) is 1. The maximum Gasteiger partial charge on any atom is 0.409 e. The molecule has 15 heavy (non-hydrogen) atoms. The van der Waals surface area contributed by atoms with Gasteiger partial charge in [-0.1, -0.05) is 0 Å². The van der Waals surface area contributed by atoms with Gasteiger partial charge in [0.25, 0.3) is 0 Å². The fourth-order valence-electron chi connectivity index (χ4n) is 1.62. The predicted molar refractivity (Wildman–Crippen MR) is 54.1 cm³/mol. The molecule has 0 aromatic rings. The Morgan fingerprint density at radius 1 is 1.47 bits per heavy atom. The lowest BCUT2D eigenvalue weighted by atomic mass is 10.1. The normalized spacial score (nSPS) is 17.3. The molecule has 1 aliphatic rings. The van der Waals surface area contributed by atoms with E-state index >= 15 is 0 Å². The highest BCUT2D eigenvalue weighted by molar-refractivity contribution is 5.80. The summed E-state index contributed by atoms with van der Waals surface area (Å²) in [6.07, 6.45) is 1.17. The molecule has 0 aliphatic carbocycles. The van der Waals surface area contributed by atoms with Crippen molar-refractivity contribution in [2.45, 2.75) is 25.8 Å². The third-order valence-corrected chi connectivity index (χ3v) is 2.37. The van der Waals surface area contributed by atoms with Crippen molar-refractivity contribution in [2.75, 3.05) is 19.7 Å². The van der Waals surface area contributed by atoms with Gasteiger partial charge in [0, 0.05) is 19.1 Å². The van der Waals surface area contributed by atoms with Crippen LogP contribution in [0.25, 0.3) is 0 Å². The first-order chi connectivity index (χ1) is 7.13. The zero-order valence-corrected chi connectivity index (χ0v) is 8.86. The van der Waals surface area contributed by atoms with E-state index < -0.39 is 5.91 Å². The average Bonchev–Trinajstić information content (AvgIpc) is 2.18. The van der Waals surface area contributed by atoms with E-state index in [2.05, 4.69) is 5.32 Å². The van der Waals surface area contributed by atoms with Crippen molar-refractivity contribution in [3.63, 3.8) is 0 Å². The van der Waals surface area contributed by atoms with Crippen LogP contribution < -0.4 is 5.32 Å². The first-order valence-corrected chi connectivity index (χ1v) is 5.11. The summed E-state index contributed by atoms with van der Waals surface area (Å²) < 4.78 is 4.87. The molecule has 84 valence electrons. The Labute approximate surface area is 89.8 Å². The van der Waals surface area contributed by atoms with Gasteiger partial charge in [0.15, 0.2) is 0 Å². The number of ether oxygens (including phenoxy) is 1. The molecule has 1 N–H and O–H groups in total. The van der Waals surface area contributed by atoms with Gasteiger partial charge in [-0.05, 0) is 19.8 Å². The highest BCUT2D eigenvalue weighted by Crippen LogP contribution is 2.11. The van der Waals surface area contributed by atoms with Crippen molar-refractivity contribution in [2.24, 2.45) is 0 Å². The number of amides is 2. The third-order valence-electron chi connectivity index (χ3n) is 2.37. The minimum Gasteiger partial charge on any atom is -0.450 e. The van der Waals surface area contributed by atoms with E-state index in [9.17, 15) is 9.59 Å². The van der Waals surface area contributed by atoms with Crippen molar-refractivity contribution in [3.05, 3.63) is 6.92 Å². The SMILES string of the molecule is [CH]C(=O)NC1CCN(C(=O)OCC)CC1. The van der Waals surface area contributed by atoms with E-state index in [4.69, 9.17) is 11.7 Å². The van der Waals surface area contributed by atoms with Crippen LogP contribution in [0.5, 0.6) is 0 Å². The minimum atomic E-state index is -0.510. The average molecular weight is 212 g/mol. The molecule has 1 heterocycles. The second-order valence-corrected chi connectivity index (χ2v) is 3.47. The molecule has 0 atom stereocenters. The number of piperidine rings is 1. The fourth-order valence-corrected chi connectivity index (χ4v) is 1.62. The Bertz CT molecular complexity index is 235. The van der Waals surface area contributed by atoms with Crippen LogP contribution in [0, 0.1) is 6.92 Å². The van der Waals surface area contributed by atoms with Crippen molar-refractivity contribution in [1.29, 1.82) is 0 Å². The second-order valence-electron chi connectivity index (χ2n) is 3.47. The Kier molecular flexibility index (Phi) is 4.39. The zero-order chi connectivity index (χ0) is 11.3. The van der Waals surface area contributed by atoms with Gasteiger partial charge in [-0.2, -0.15) is 0 Å². The summed E-state index contributed by atoms with van der Waals surface area (Å²) in [6.45, 7) is 8.38. The lowest BCUT2D eigenvalue weighted by molar-refractivity contribution is -0.117. The molecule has 1 fully saturated rings. The summed E-state index contributed by atoms with van der Waals surface area (Å²) >= 11 is 0. The number of carbonyl (C=O) groups is 2. The van der Waals surface area contributed by atoms with E-state index in [1.54, 1.807) is 11.8 Å². The zero-order valence-electron chi connectivity index (χ0n) is 8.86. The molecule has 0 aromatic heterocycles. The number of carbonyl (C=O) groups excluding carboxylic acids is 2. The summed E-state index contributed by atoms with van der Waals surface area (Å²) in [6, 6.07) is 0.0770. The van der Waals surface area contributed by atoms with Crippen molar-refractivity contribution < 1.29 is 14.3 Å². The lowest BCUT2D eigenvalue weighted by Crippen LogP contribution is -2.46. The van der Waals surface area contributed by atoms with Gasteiger partial charge in [0.2, 0.25) is 5.91 Å². The van der Waals surface area contributed by atoms with Gasteiger partial charge in [0.05, 0.1) is 13.5 Å². The molecular weight excluding hydrogens is 196 g/mol. The molecule has 1 rings (SSSR count). The fraction of sp³-hybridized carbons (Fsp3) is 0.700. The van der Waals surface area contributed by atoms with Gasteiger partial charge < -0.3 is 15.0 Å². The molecule has 0 unspecified atom stereocenters. The van der Waals surface area contributed by atoms with E-state index in [1.807, 2.05) is 0 Å². The molecule has 5 nitrogen and oxygen atoms in total. The van der Waals surface area contributed by atoms with E-state index in [-0.39, 0.29) is 12.1 Å². The summed E-state index contributed by atoms with van der Waals surface area (Å²) in [5, 5.41) is 2.63. The maximum atomic E-state index is 11.3. The quantitative estimate of drug-likeness (QED) is 0.722. The summed E-state index contributed by atoms with van der Waals surface area (Å²) in [7, 11) is 0. The largest absolute Gasteiger partial charge is 0.450 e.